The number of hydrogen-bond donors (Lipinski definition) is 1. The molecule has 1 saturated heterocycles. The second-order valence-corrected chi connectivity index (χ2v) is 6.06. The van der Waals surface area contributed by atoms with Crippen LogP contribution in [0, 0.1) is 0 Å². The van der Waals surface area contributed by atoms with E-state index in [-0.39, 0.29) is 36.8 Å². The lowest BCUT2D eigenvalue weighted by atomic mass is 10.0. The number of hydrogen-bond acceptors (Lipinski definition) is 4. The molecule has 0 radical (unpaired) electrons. The van der Waals surface area contributed by atoms with E-state index >= 15 is 0 Å². The standard InChI is InChI=1S/C19H23N3O2.2ClH/c20-12-17-7-1-2-10-22(17)19(23)16-6-3-8-18(11-16)24-14-15-5-4-9-21-13-15;;/h3-6,8-9,11,13,17H,1-2,7,10,12,14,20H2;2*1H. The molecule has 2 aromatic rings. The highest BCUT2D eigenvalue weighted by Gasteiger charge is 2.26. The monoisotopic (exact) mass is 397 g/mol. The third-order valence-corrected chi connectivity index (χ3v) is 4.37. The summed E-state index contributed by atoms with van der Waals surface area (Å²) < 4.78 is 5.79. The molecule has 5 nitrogen and oxygen atoms in total. The summed E-state index contributed by atoms with van der Waals surface area (Å²) >= 11 is 0. The van der Waals surface area contributed by atoms with E-state index in [1.165, 1.54) is 0 Å². The van der Waals surface area contributed by atoms with Gasteiger partial charge < -0.3 is 15.4 Å². The smallest absolute Gasteiger partial charge is 0.254 e. The van der Waals surface area contributed by atoms with Gasteiger partial charge in [0.25, 0.3) is 5.91 Å². The third kappa shape index (κ3) is 5.59. The van der Waals surface area contributed by atoms with Crippen molar-refractivity contribution in [1.82, 2.24) is 9.88 Å². The van der Waals surface area contributed by atoms with E-state index < -0.39 is 0 Å². The number of benzene rings is 1. The van der Waals surface area contributed by atoms with E-state index in [1.807, 2.05) is 35.2 Å². The molecule has 3 rings (SSSR count). The molecule has 1 aromatic carbocycles. The largest absolute Gasteiger partial charge is 0.489 e. The molecule has 0 spiro atoms. The van der Waals surface area contributed by atoms with Crippen molar-refractivity contribution in [3.8, 4) is 5.75 Å². The van der Waals surface area contributed by atoms with E-state index in [4.69, 9.17) is 10.5 Å². The lowest BCUT2D eigenvalue weighted by molar-refractivity contribution is 0.0623. The first-order valence-corrected chi connectivity index (χ1v) is 8.41. The van der Waals surface area contributed by atoms with Crippen LogP contribution in [0.4, 0.5) is 0 Å². The van der Waals surface area contributed by atoms with Crippen LogP contribution in [0.5, 0.6) is 5.75 Å². The maximum atomic E-state index is 12.8. The fraction of sp³-hybridized carbons (Fsp3) is 0.368. The number of nitrogens with zero attached hydrogens (tertiary/aromatic N) is 2. The van der Waals surface area contributed by atoms with E-state index in [0.29, 0.717) is 24.5 Å². The van der Waals surface area contributed by atoms with Crippen LogP contribution in [-0.4, -0.2) is 34.9 Å². The van der Waals surface area contributed by atoms with Gasteiger partial charge in [-0.1, -0.05) is 12.1 Å². The Labute approximate surface area is 166 Å². The van der Waals surface area contributed by atoms with E-state index in [9.17, 15) is 4.79 Å². The van der Waals surface area contributed by atoms with Crippen LogP contribution in [0.2, 0.25) is 0 Å². The van der Waals surface area contributed by atoms with Gasteiger partial charge in [-0.2, -0.15) is 0 Å². The minimum absolute atomic E-state index is 0. The number of carbonyl (C=O) groups excluding carboxylic acids is 1. The fourth-order valence-corrected chi connectivity index (χ4v) is 3.05. The quantitative estimate of drug-likeness (QED) is 0.838. The summed E-state index contributed by atoms with van der Waals surface area (Å²) in [5.41, 5.74) is 7.47. The summed E-state index contributed by atoms with van der Waals surface area (Å²) in [6.07, 6.45) is 6.67. The minimum Gasteiger partial charge on any atom is -0.489 e. The first kappa shape index (κ1) is 22.2. The van der Waals surface area contributed by atoms with Gasteiger partial charge in [-0.25, -0.2) is 0 Å². The number of aromatic nitrogens is 1. The third-order valence-electron chi connectivity index (χ3n) is 4.37. The van der Waals surface area contributed by atoms with Gasteiger partial charge in [0, 0.05) is 42.7 Å². The van der Waals surface area contributed by atoms with Gasteiger partial charge in [-0.3, -0.25) is 9.78 Å². The highest BCUT2D eigenvalue weighted by Crippen LogP contribution is 2.21. The second kappa shape index (κ2) is 11.0. The Morgan fingerprint density at radius 1 is 1.23 bits per heavy atom. The van der Waals surface area contributed by atoms with E-state index in [0.717, 1.165) is 31.4 Å². The summed E-state index contributed by atoms with van der Waals surface area (Å²) in [6, 6.07) is 11.3. The molecule has 2 N–H and O–H groups in total. The van der Waals surface area contributed by atoms with Gasteiger partial charge >= 0.3 is 0 Å². The first-order chi connectivity index (χ1) is 11.8. The molecule has 2 heterocycles. The molecule has 0 aliphatic carbocycles. The molecule has 142 valence electrons. The van der Waals surface area contributed by atoms with Crippen molar-refractivity contribution in [2.45, 2.75) is 31.9 Å². The van der Waals surface area contributed by atoms with Crippen molar-refractivity contribution in [3.63, 3.8) is 0 Å². The van der Waals surface area contributed by atoms with Crippen molar-refractivity contribution in [3.05, 3.63) is 59.9 Å². The predicted molar refractivity (Wildman–Crippen MR) is 107 cm³/mol. The number of amides is 1. The van der Waals surface area contributed by atoms with Crippen molar-refractivity contribution in [2.24, 2.45) is 5.73 Å². The van der Waals surface area contributed by atoms with Crippen LogP contribution < -0.4 is 10.5 Å². The number of rotatable bonds is 5. The summed E-state index contributed by atoms with van der Waals surface area (Å²) in [7, 11) is 0. The van der Waals surface area contributed by atoms with Crippen LogP contribution in [0.25, 0.3) is 0 Å². The zero-order valence-corrected chi connectivity index (χ0v) is 16.2. The minimum atomic E-state index is 0. The molecule has 0 saturated carbocycles. The first-order valence-electron chi connectivity index (χ1n) is 8.41. The number of likely N-dealkylation sites (tertiary alicyclic amines) is 1. The molecule has 7 heteroatoms. The van der Waals surface area contributed by atoms with Crippen LogP contribution in [0.1, 0.15) is 35.2 Å². The molecule has 1 aliphatic heterocycles. The molecule has 1 unspecified atom stereocenters. The molecule has 1 aliphatic rings. The van der Waals surface area contributed by atoms with Gasteiger partial charge in [0.05, 0.1) is 0 Å². The van der Waals surface area contributed by atoms with E-state index in [2.05, 4.69) is 4.98 Å². The maximum absolute atomic E-state index is 12.8. The van der Waals surface area contributed by atoms with Gasteiger partial charge in [0.1, 0.15) is 12.4 Å². The predicted octanol–water partition coefficient (Wildman–Crippen LogP) is 3.46. The van der Waals surface area contributed by atoms with Crippen LogP contribution in [-0.2, 0) is 6.61 Å². The van der Waals surface area contributed by atoms with Crippen LogP contribution >= 0.6 is 24.8 Å². The van der Waals surface area contributed by atoms with Crippen molar-refractivity contribution in [2.75, 3.05) is 13.1 Å². The SMILES string of the molecule is Cl.Cl.NCC1CCCCN1C(=O)c1cccc(OCc2cccnc2)c1. The highest BCUT2D eigenvalue weighted by molar-refractivity contribution is 5.94. The lowest BCUT2D eigenvalue weighted by Gasteiger charge is -2.35. The Morgan fingerprint density at radius 3 is 2.81 bits per heavy atom. The number of carbonyl (C=O) groups is 1. The Balaban J connectivity index is 0.00000169. The normalized spacial score (nSPS) is 16.2. The number of halogens is 2. The fourth-order valence-electron chi connectivity index (χ4n) is 3.05. The average Bonchev–Trinajstić information content (AvgIpc) is 2.67. The number of pyridine rings is 1. The molecule has 1 aromatic heterocycles. The van der Waals surface area contributed by atoms with Crippen LogP contribution in [0.15, 0.2) is 48.8 Å². The molecule has 0 bridgehead atoms. The molecular formula is C19H25Cl2N3O2. The maximum Gasteiger partial charge on any atom is 0.254 e. The average molecular weight is 398 g/mol. The van der Waals surface area contributed by atoms with Gasteiger partial charge in [0.15, 0.2) is 0 Å². The van der Waals surface area contributed by atoms with Crippen LogP contribution in [0.3, 0.4) is 0 Å². The van der Waals surface area contributed by atoms with Gasteiger partial charge in [0.2, 0.25) is 0 Å². The Bertz CT molecular complexity index is 685. The summed E-state index contributed by atoms with van der Waals surface area (Å²) in [5, 5.41) is 0. The number of piperidine rings is 1. The zero-order chi connectivity index (χ0) is 16.8. The van der Waals surface area contributed by atoms with Gasteiger partial charge in [-0.05, 0) is 43.5 Å². The van der Waals surface area contributed by atoms with Crippen molar-refractivity contribution >= 4 is 30.7 Å². The highest BCUT2D eigenvalue weighted by atomic mass is 35.5. The number of nitrogens with two attached hydrogens (primary N) is 1. The zero-order valence-electron chi connectivity index (χ0n) is 14.5. The summed E-state index contributed by atoms with van der Waals surface area (Å²) in [5.74, 6) is 0.725. The number of ether oxygens (including phenoxy) is 1. The molecular weight excluding hydrogens is 373 g/mol. The molecule has 26 heavy (non-hydrogen) atoms. The Kier molecular flexibility index (Phi) is 9.41. The lowest BCUT2D eigenvalue weighted by Crippen LogP contribution is -2.47. The summed E-state index contributed by atoms with van der Waals surface area (Å²) in [6.45, 7) is 1.73. The molecule has 1 amide bonds. The van der Waals surface area contributed by atoms with Crippen molar-refractivity contribution < 1.29 is 9.53 Å². The van der Waals surface area contributed by atoms with E-state index in [1.54, 1.807) is 18.5 Å². The van der Waals surface area contributed by atoms with Crippen molar-refractivity contribution in [1.29, 1.82) is 0 Å². The summed E-state index contributed by atoms with van der Waals surface area (Å²) in [4.78, 5) is 18.8. The topological polar surface area (TPSA) is 68.5 Å². The van der Waals surface area contributed by atoms with Gasteiger partial charge in [-0.15, -0.1) is 24.8 Å². The Hall–Kier alpha value is -1.82. The molecule has 1 fully saturated rings. The second-order valence-electron chi connectivity index (χ2n) is 6.06. The molecule has 1 atom stereocenters. The Morgan fingerprint density at radius 2 is 2.08 bits per heavy atom.